The summed E-state index contributed by atoms with van der Waals surface area (Å²) in [6.07, 6.45) is 0. The average Bonchev–Trinajstić information content (AvgIpc) is 3.13. The number of nitrogens with one attached hydrogen (secondary N) is 2. The monoisotopic (exact) mass is 490 g/mol. The predicted octanol–water partition coefficient (Wildman–Crippen LogP) is 5.00. The number of nitrogens with zero attached hydrogens (tertiary/aromatic N) is 2. The molecule has 9 heteroatoms. The lowest BCUT2D eigenvalue weighted by atomic mass is 10.1. The van der Waals surface area contributed by atoms with Crippen molar-refractivity contribution in [2.45, 2.75) is 44.9 Å². The zero-order valence-corrected chi connectivity index (χ0v) is 21.0. The number of para-hydroxylation sites is 1. The number of amides is 1. The number of aryl methyl sites for hydroxylation is 2. The molecule has 2 aromatic heterocycles. The van der Waals surface area contributed by atoms with Crippen LogP contribution in [0.25, 0.3) is 0 Å². The molecule has 1 atom stereocenters. The molecule has 3 rings (SSSR count). The Kier molecular flexibility index (Phi) is 8.10. The van der Waals surface area contributed by atoms with Crippen molar-refractivity contribution in [3.63, 3.8) is 0 Å². The lowest BCUT2D eigenvalue weighted by molar-refractivity contribution is 0.0524. The first-order chi connectivity index (χ1) is 16.7. The molecule has 180 valence electrons. The summed E-state index contributed by atoms with van der Waals surface area (Å²) in [5, 5.41) is 12.2. The van der Waals surface area contributed by atoms with Crippen molar-refractivity contribution >= 4 is 35.1 Å². The van der Waals surface area contributed by atoms with E-state index in [0.717, 1.165) is 11.8 Å². The summed E-state index contributed by atoms with van der Waals surface area (Å²) >= 11 is 1.13. The van der Waals surface area contributed by atoms with Crippen LogP contribution in [0.2, 0.25) is 0 Å². The van der Waals surface area contributed by atoms with Crippen LogP contribution in [-0.4, -0.2) is 39.5 Å². The Morgan fingerprint density at radius 2 is 1.89 bits per heavy atom. The Morgan fingerprint density at radius 1 is 1.20 bits per heavy atom. The first-order valence-corrected chi connectivity index (χ1v) is 11.9. The lowest BCUT2D eigenvalue weighted by Crippen LogP contribution is -2.17. The van der Waals surface area contributed by atoms with Crippen molar-refractivity contribution in [2.24, 2.45) is 0 Å². The summed E-state index contributed by atoms with van der Waals surface area (Å²) in [5.41, 5.74) is 3.31. The van der Waals surface area contributed by atoms with Gasteiger partial charge in [-0.15, -0.1) is 0 Å². The summed E-state index contributed by atoms with van der Waals surface area (Å²) < 4.78 is 5.10. The van der Waals surface area contributed by atoms with Crippen LogP contribution in [0.1, 0.15) is 67.6 Å². The van der Waals surface area contributed by atoms with Crippen LogP contribution >= 0.6 is 11.8 Å². The van der Waals surface area contributed by atoms with Crippen molar-refractivity contribution in [3.05, 3.63) is 75.7 Å². The SMILES string of the molecule is CCOC(=O)c1c(C)[nH]c(C(=O)C(C)Sc2nc(C)c(C(=O)Nc3ccccc3)cc2C#N)c1C. The van der Waals surface area contributed by atoms with E-state index < -0.39 is 11.2 Å². The number of carbonyl (C=O) groups excluding carboxylic acids is 3. The van der Waals surface area contributed by atoms with Crippen LogP contribution in [0.15, 0.2) is 41.4 Å². The second kappa shape index (κ2) is 11.0. The molecule has 1 amide bonds. The number of thioether (sulfide) groups is 1. The van der Waals surface area contributed by atoms with Gasteiger partial charge in [0.1, 0.15) is 11.1 Å². The van der Waals surface area contributed by atoms with E-state index in [1.807, 2.05) is 18.2 Å². The van der Waals surface area contributed by atoms with Gasteiger partial charge in [-0.2, -0.15) is 5.26 Å². The van der Waals surface area contributed by atoms with Gasteiger partial charge in [0, 0.05) is 11.4 Å². The number of pyridine rings is 1. The highest BCUT2D eigenvalue weighted by Gasteiger charge is 2.27. The van der Waals surface area contributed by atoms with Crippen LogP contribution in [-0.2, 0) is 4.74 Å². The number of carbonyl (C=O) groups is 3. The molecule has 0 aliphatic rings. The molecule has 0 spiro atoms. The smallest absolute Gasteiger partial charge is 0.340 e. The standard InChI is InChI=1S/C26H26N4O4S/c1-6-34-26(33)21-14(2)22(28-16(21)4)23(31)17(5)35-25-18(13-27)12-20(15(3)29-25)24(32)30-19-10-8-7-9-11-19/h7-12,17,28H,6H2,1-5H3,(H,30,32). The molecule has 2 N–H and O–H groups in total. The van der Waals surface area contributed by atoms with Gasteiger partial charge in [-0.3, -0.25) is 9.59 Å². The van der Waals surface area contributed by atoms with Crippen LogP contribution in [0, 0.1) is 32.1 Å². The number of aromatic nitrogens is 2. The molecule has 2 heterocycles. The summed E-state index contributed by atoms with van der Waals surface area (Å²) in [7, 11) is 0. The number of H-pyrrole nitrogens is 1. The van der Waals surface area contributed by atoms with Crippen molar-refractivity contribution in [3.8, 4) is 6.07 Å². The van der Waals surface area contributed by atoms with Gasteiger partial charge in [0.25, 0.3) is 5.91 Å². The fourth-order valence-electron chi connectivity index (χ4n) is 3.63. The number of hydrogen-bond acceptors (Lipinski definition) is 7. The number of esters is 1. The van der Waals surface area contributed by atoms with Crippen LogP contribution in [0.5, 0.6) is 0 Å². The third kappa shape index (κ3) is 5.61. The molecule has 0 saturated carbocycles. The first-order valence-electron chi connectivity index (χ1n) is 11.0. The van der Waals surface area contributed by atoms with Gasteiger partial charge in [-0.05, 0) is 58.4 Å². The van der Waals surface area contributed by atoms with E-state index in [4.69, 9.17) is 4.74 Å². The maximum atomic E-state index is 13.2. The predicted molar refractivity (Wildman–Crippen MR) is 134 cm³/mol. The molecule has 3 aromatic rings. The Bertz CT molecular complexity index is 1330. The number of nitriles is 1. The molecule has 0 bridgehead atoms. The Balaban J connectivity index is 1.84. The third-order valence-electron chi connectivity index (χ3n) is 5.40. The molecule has 0 aliphatic heterocycles. The highest BCUT2D eigenvalue weighted by atomic mass is 32.2. The van der Waals surface area contributed by atoms with Gasteiger partial charge in [-0.1, -0.05) is 30.0 Å². The highest BCUT2D eigenvalue weighted by molar-refractivity contribution is 8.00. The second-order valence-electron chi connectivity index (χ2n) is 7.88. The van der Waals surface area contributed by atoms with Crippen LogP contribution in [0.3, 0.4) is 0 Å². The maximum absolute atomic E-state index is 13.2. The van der Waals surface area contributed by atoms with Crippen molar-refractivity contribution in [2.75, 3.05) is 11.9 Å². The number of benzene rings is 1. The van der Waals surface area contributed by atoms with Gasteiger partial charge < -0.3 is 15.0 Å². The molecule has 8 nitrogen and oxygen atoms in total. The van der Waals surface area contributed by atoms with Gasteiger partial charge in [0.15, 0.2) is 5.78 Å². The van der Waals surface area contributed by atoms with Crippen molar-refractivity contribution < 1.29 is 19.1 Å². The highest BCUT2D eigenvalue weighted by Crippen LogP contribution is 2.30. The van der Waals surface area contributed by atoms with E-state index in [1.165, 1.54) is 6.07 Å². The molecular weight excluding hydrogens is 464 g/mol. The summed E-state index contributed by atoms with van der Waals surface area (Å²) in [6, 6.07) is 12.6. The summed E-state index contributed by atoms with van der Waals surface area (Å²) in [4.78, 5) is 45.7. The summed E-state index contributed by atoms with van der Waals surface area (Å²) in [5.74, 6) is -1.09. The van der Waals surface area contributed by atoms with E-state index >= 15 is 0 Å². The zero-order chi connectivity index (χ0) is 25.7. The largest absolute Gasteiger partial charge is 0.462 e. The van der Waals surface area contributed by atoms with E-state index in [2.05, 4.69) is 21.4 Å². The zero-order valence-electron chi connectivity index (χ0n) is 20.2. The quantitative estimate of drug-likeness (QED) is 0.259. The van der Waals surface area contributed by atoms with Gasteiger partial charge in [0.05, 0.1) is 39.9 Å². The molecule has 1 aromatic carbocycles. The summed E-state index contributed by atoms with van der Waals surface area (Å²) in [6.45, 7) is 8.76. The fraction of sp³-hybridized carbons (Fsp3) is 0.269. The van der Waals surface area contributed by atoms with Gasteiger partial charge in [0.2, 0.25) is 0 Å². The molecule has 1 unspecified atom stereocenters. The number of aromatic amines is 1. The number of ketones is 1. The molecule has 0 fully saturated rings. The van der Waals surface area contributed by atoms with Gasteiger partial charge in [-0.25, -0.2) is 9.78 Å². The maximum Gasteiger partial charge on any atom is 0.340 e. The number of anilines is 1. The van der Waals surface area contributed by atoms with Gasteiger partial charge >= 0.3 is 5.97 Å². The first kappa shape index (κ1) is 25.7. The molecular formula is C26H26N4O4S. The fourth-order valence-corrected chi connectivity index (χ4v) is 4.61. The third-order valence-corrected chi connectivity index (χ3v) is 6.50. The molecule has 0 aliphatic carbocycles. The van der Waals surface area contributed by atoms with E-state index in [9.17, 15) is 19.6 Å². The van der Waals surface area contributed by atoms with E-state index in [1.54, 1.807) is 46.8 Å². The van der Waals surface area contributed by atoms with Crippen LogP contribution < -0.4 is 5.32 Å². The Hall–Kier alpha value is -3.90. The Morgan fingerprint density at radius 3 is 2.51 bits per heavy atom. The number of rotatable bonds is 8. The Labute approximate surface area is 208 Å². The minimum Gasteiger partial charge on any atom is -0.462 e. The lowest BCUT2D eigenvalue weighted by Gasteiger charge is -2.13. The second-order valence-corrected chi connectivity index (χ2v) is 9.21. The normalized spacial score (nSPS) is 11.4. The minimum absolute atomic E-state index is 0.199. The number of hydrogen-bond donors (Lipinski definition) is 2. The molecule has 0 radical (unpaired) electrons. The van der Waals surface area contributed by atoms with E-state index in [0.29, 0.717) is 38.9 Å². The van der Waals surface area contributed by atoms with E-state index in [-0.39, 0.29) is 29.4 Å². The topological polar surface area (TPSA) is 125 Å². The number of ether oxygens (including phenoxy) is 1. The van der Waals surface area contributed by atoms with Crippen molar-refractivity contribution in [1.82, 2.24) is 9.97 Å². The minimum atomic E-state index is -0.607. The number of Topliss-reactive ketones (excluding diaryl/α,β-unsaturated/α-hetero) is 1. The van der Waals surface area contributed by atoms with Crippen LogP contribution in [0.4, 0.5) is 5.69 Å². The molecule has 0 saturated heterocycles. The van der Waals surface area contributed by atoms with Crippen molar-refractivity contribution in [1.29, 1.82) is 5.26 Å². The molecule has 35 heavy (non-hydrogen) atoms. The average molecular weight is 491 g/mol.